The second kappa shape index (κ2) is 14.8. The molecule has 0 bridgehead atoms. The molecule has 0 saturated carbocycles. The van der Waals surface area contributed by atoms with Crippen LogP contribution < -0.4 is 11.1 Å². The van der Waals surface area contributed by atoms with E-state index in [-0.39, 0.29) is 18.2 Å². The van der Waals surface area contributed by atoms with E-state index in [0.29, 0.717) is 30.4 Å². The number of hydrogen-bond acceptors (Lipinski definition) is 8. The Hall–Kier alpha value is -3.12. The number of carbonyl (C=O) groups is 2. The SMILES string of the molecule is Cc1sc2c(c1C)C(c1ccc(Cl)cc1)=N[C@@H](CC(=O)NCCCN1CCN(C(=O)CCCCCN)CC1)c1nnc(C)n1-2. The van der Waals surface area contributed by atoms with Gasteiger partial charge in [0.15, 0.2) is 5.82 Å². The highest BCUT2D eigenvalue weighted by Crippen LogP contribution is 2.39. The van der Waals surface area contributed by atoms with Gasteiger partial charge in [-0.2, -0.15) is 0 Å². The zero-order valence-electron chi connectivity index (χ0n) is 25.9. The first kappa shape index (κ1) is 32.3. The molecule has 3 aromatic rings. The zero-order valence-corrected chi connectivity index (χ0v) is 27.5. The Morgan fingerprint density at radius 1 is 1.02 bits per heavy atom. The number of nitrogens with zero attached hydrogens (tertiary/aromatic N) is 6. The molecule has 0 radical (unpaired) electrons. The molecule has 236 valence electrons. The average molecular weight is 639 g/mol. The Bertz CT molecular complexity index is 1490. The smallest absolute Gasteiger partial charge is 0.222 e. The summed E-state index contributed by atoms with van der Waals surface area (Å²) in [5.74, 6) is 1.63. The maximum absolute atomic E-state index is 13.2. The van der Waals surface area contributed by atoms with Gasteiger partial charge in [-0.15, -0.1) is 21.5 Å². The predicted molar refractivity (Wildman–Crippen MR) is 176 cm³/mol. The van der Waals surface area contributed by atoms with E-state index in [0.717, 1.165) is 91.6 Å². The number of carbonyl (C=O) groups excluding carboxylic acids is 2. The second-order valence-electron chi connectivity index (χ2n) is 11.6. The highest BCUT2D eigenvalue weighted by atomic mass is 35.5. The van der Waals surface area contributed by atoms with Gasteiger partial charge in [0.05, 0.1) is 12.1 Å². The molecule has 44 heavy (non-hydrogen) atoms. The molecule has 1 fully saturated rings. The van der Waals surface area contributed by atoms with Crippen LogP contribution in [0.4, 0.5) is 0 Å². The van der Waals surface area contributed by atoms with Crippen LogP contribution in [0.3, 0.4) is 0 Å². The van der Waals surface area contributed by atoms with E-state index in [1.54, 1.807) is 11.3 Å². The molecule has 5 rings (SSSR count). The van der Waals surface area contributed by atoms with Crippen molar-refractivity contribution in [3.8, 4) is 5.00 Å². The number of rotatable bonds is 12. The van der Waals surface area contributed by atoms with Crippen LogP contribution in [-0.2, 0) is 9.59 Å². The van der Waals surface area contributed by atoms with Crippen LogP contribution in [0.2, 0.25) is 5.02 Å². The Kier molecular flexibility index (Phi) is 10.8. The number of amides is 2. The summed E-state index contributed by atoms with van der Waals surface area (Å²) in [6, 6.07) is 7.21. The van der Waals surface area contributed by atoms with Crippen LogP contribution in [0, 0.1) is 20.8 Å². The van der Waals surface area contributed by atoms with Crippen molar-refractivity contribution in [1.29, 1.82) is 0 Å². The normalized spacial score (nSPS) is 16.7. The number of halogens is 1. The van der Waals surface area contributed by atoms with E-state index in [1.807, 2.05) is 36.1 Å². The Morgan fingerprint density at radius 2 is 1.77 bits per heavy atom. The van der Waals surface area contributed by atoms with E-state index >= 15 is 0 Å². The number of thiophene rings is 1. The minimum atomic E-state index is -0.484. The van der Waals surface area contributed by atoms with Gasteiger partial charge >= 0.3 is 0 Å². The first-order chi connectivity index (χ1) is 21.3. The number of unbranched alkanes of at least 4 members (excludes halogenated alkanes) is 2. The molecule has 4 heterocycles. The maximum Gasteiger partial charge on any atom is 0.222 e. The molecule has 1 atom stereocenters. The summed E-state index contributed by atoms with van der Waals surface area (Å²) in [4.78, 5) is 36.4. The number of aryl methyl sites for hydroxylation is 2. The van der Waals surface area contributed by atoms with Gasteiger partial charge in [-0.1, -0.05) is 30.2 Å². The fraction of sp³-hybridized carbons (Fsp3) is 0.531. The lowest BCUT2D eigenvalue weighted by Crippen LogP contribution is -2.49. The molecule has 1 aromatic carbocycles. The third kappa shape index (κ3) is 7.39. The molecule has 0 aliphatic carbocycles. The van der Waals surface area contributed by atoms with Gasteiger partial charge in [0.2, 0.25) is 11.8 Å². The number of hydrogen-bond donors (Lipinski definition) is 2. The topological polar surface area (TPSA) is 122 Å². The van der Waals surface area contributed by atoms with E-state index in [1.165, 1.54) is 4.88 Å². The predicted octanol–water partition coefficient (Wildman–Crippen LogP) is 4.36. The minimum absolute atomic E-state index is 0.0652. The number of nitrogens with two attached hydrogens (primary N) is 1. The average Bonchev–Trinajstić information content (AvgIpc) is 3.50. The van der Waals surface area contributed by atoms with Gasteiger partial charge in [0.1, 0.15) is 16.9 Å². The quantitative estimate of drug-likeness (QED) is 0.284. The first-order valence-corrected chi connectivity index (χ1v) is 16.8. The molecule has 2 aromatic heterocycles. The Balaban J connectivity index is 1.19. The molecule has 2 amide bonds. The van der Waals surface area contributed by atoms with Crippen LogP contribution in [0.1, 0.15) is 77.8 Å². The molecular weight excluding hydrogens is 596 g/mol. The Labute approximate surface area is 268 Å². The van der Waals surface area contributed by atoms with Gasteiger partial charge in [0, 0.05) is 60.2 Å². The molecular formula is C32H43ClN8O2S. The number of piperazine rings is 1. The third-order valence-corrected chi connectivity index (χ3v) is 9.97. The summed E-state index contributed by atoms with van der Waals surface area (Å²) in [5, 5.41) is 13.7. The van der Waals surface area contributed by atoms with Crippen molar-refractivity contribution in [2.24, 2.45) is 10.7 Å². The van der Waals surface area contributed by atoms with Crippen molar-refractivity contribution in [3.63, 3.8) is 0 Å². The maximum atomic E-state index is 13.2. The minimum Gasteiger partial charge on any atom is -0.356 e. The van der Waals surface area contributed by atoms with Crippen LogP contribution in [0.25, 0.3) is 5.00 Å². The molecule has 1 saturated heterocycles. The van der Waals surface area contributed by atoms with E-state index in [4.69, 9.17) is 22.3 Å². The van der Waals surface area contributed by atoms with Gasteiger partial charge in [0.25, 0.3) is 0 Å². The summed E-state index contributed by atoms with van der Waals surface area (Å²) < 4.78 is 2.06. The molecule has 2 aliphatic heterocycles. The number of fused-ring (bicyclic) bond motifs is 3. The van der Waals surface area contributed by atoms with Crippen molar-refractivity contribution in [2.45, 2.75) is 65.3 Å². The summed E-state index contributed by atoms with van der Waals surface area (Å²) in [6.45, 7) is 11.6. The number of nitrogens with one attached hydrogen (secondary N) is 1. The highest BCUT2D eigenvalue weighted by molar-refractivity contribution is 7.15. The second-order valence-corrected chi connectivity index (χ2v) is 13.3. The molecule has 10 nitrogen and oxygen atoms in total. The lowest BCUT2D eigenvalue weighted by molar-refractivity contribution is -0.133. The van der Waals surface area contributed by atoms with Crippen molar-refractivity contribution < 1.29 is 9.59 Å². The van der Waals surface area contributed by atoms with Gasteiger partial charge in [-0.3, -0.25) is 24.0 Å². The van der Waals surface area contributed by atoms with Crippen LogP contribution in [0.15, 0.2) is 29.3 Å². The number of aromatic nitrogens is 3. The van der Waals surface area contributed by atoms with Crippen molar-refractivity contribution in [1.82, 2.24) is 29.9 Å². The number of aliphatic imine (C=N–C) groups is 1. The van der Waals surface area contributed by atoms with E-state index in [9.17, 15) is 9.59 Å². The first-order valence-electron chi connectivity index (χ1n) is 15.6. The lowest BCUT2D eigenvalue weighted by Gasteiger charge is -2.34. The van der Waals surface area contributed by atoms with E-state index in [2.05, 4.69) is 38.8 Å². The van der Waals surface area contributed by atoms with Crippen LogP contribution in [-0.4, -0.2) is 87.9 Å². The third-order valence-electron chi connectivity index (χ3n) is 8.53. The summed E-state index contributed by atoms with van der Waals surface area (Å²) in [7, 11) is 0. The standard InChI is InChI=1S/C32H43ClN8O2S/c1-21-22(2)44-32-29(21)30(24-9-11-25(33)12-10-24)36-26(31-38-37-23(3)41(31)32)20-27(42)35-14-7-15-39-16-18-40(19-17-39)28(43)8-5-4-6-13-34/h9-12,26H,4-8,13-20,34H2,1-3H3,(H,35,42)/t26-/m0/s1. The fourth-order valence-corrected chi connectivity index (χ4v) is 7.23. The largest absolute Gasteiger partial charge is 0.356 e. The van der Waals surface area contributed by atoms with Gasteiger partial charge in [-0.05, 0) is 70.8 Å². The van der Waals surface area contributed by atoms with Crippen molar-refractivity contribution >= 4 is 40.5 Å². The van der Waals surface area contributed by atoms with Gasteiger partial charge in [-0.25, -0.2) is 0 Å². The van der Waals surface area contributed by atoms with Crippen molar-refractivity contribution in [3.05, 3.63) is 62.5 Å². The summed E-state index contributed by atoms with van der Waals surface area (Å²) in [5.41, 5.74) is 9.55. The lowest BCUT2D eigenvalue weighted by atomic mass is 9.99. The molecule has 12 heteroatoms. The van der Waals surface area contributed by atoms with Crippen molar-refractivity contribution in [2.75, 3.05) is 45.8 Å². The highest BCUT2D eigenvalue weighted by Gasteiger charge is 2.32. The number of benzene rings is 1. The molecule has 3 N–H and O–H groups in total. The zero-order chi connectivity index (χ0) is 31.2. The molecule has 2 aliphatic rings. The monoisotopic (exact) mass is 638 g/mol. The molecule has 0 unspecified atom stereocenters. The Morgan fingerprint density at radius 3 is 2.50 bits per heavy atom. The fourth-order valence-electron chi connectivity index (χ4n) is 5.89. The molecule has 0 spiro atoms. The van der Waals surface area contributed by atoms with Gasteiger partial charge < -0.3 is 16.0 Å². The van der Waals surface area contributed by atoms with E-state index < -0.39 is 6.04 Å². The van der Waals surface area contributed by atoms with Crippen LogP contribution in [0.5, 0.6) is 0 Å². The summed E-state index contributed by atoms with van der Waals surface area (Å²) >= 11 is 7.91. The summed E-state index contributed by atoms with van der Waals surface area (Å²) in [6.07, 6.45) is 4.53. The van der Waals surface area contributed by atoms with Crippen LogP contribution >= 0.6 is 22.9 Å².